The van der Waals surface area contributed by atoms with Gasteiger partial charge in [0.25, 0.3) is 0 Å². The normalized spacial score (nSPS) is 14.6. The van der Waals surface area contributed by atoms with Gasteiger partial charge in [-0.15, -0.1) is 0 Å². The fourth-order valence-corrected chi connectivity index (χ4v) is 2.30. The Hall–Kier alpha value is -1.24. The highest BCUT2D eigenvalue weighted by Gasteiger charge is 2.10. The lowest BCUT2D eigenvalue weighted by Crippen LogP contribution is -2.00. The van der Waals surface area contributed by atoms with Crippen molar-refractivity contribution in [1.82, 2.24) is 0 Å². The molecule has 0 saturated heterocycles. The summed E-state index contributed by atoms with van der Waals surface area (Å²) in [5.74, 6) is 2.08. The van der Waals surface area contributed by atoms with Crippen molar-refractivity contribution in [2.75, 3.05) is 0 Å². The van der Waals surface area contributed by atoms with Gasteiger partial charge >= 0.3 is 0 Å². The second-order valence-electron chi connectivity index (χ2n) is 5.04. The number of hydrogen-bond donors (Lipinski definition) is 0. The molecule has 0 spiro atoms. The second-order valence-corrected chi connectivity index (χ2v) is 5.04. The zero-order valence-corrected chi connectivity index (χ0v) is 15.0. The van der Waals surface area contributed by atoms with Crippen LogP contribution in [0.15, 0.2) is 47.0 Å². The Labute approximate surface area is 132 Å². The van der Waals surface area contributed by atoms with Gasteiger partial charge in [-0.2, -0.15) is 0 Å². The maximum absolute atomic E-state index is 6.33. The lowest BCUT2D eigenvalue weighted by Gasteiger charge is -2.17. The van der Waals surface area contributed by atoms with E-state index in [4.69, 9.17) is 4.74 Å². The molecule has 1 heteroatoms. The van der Waals surface area contributed by atoms with Crippen molar-refractivity contribution in [2.45, 2.75) is 80.1 Å². The molecule has 0 heterocycles. The second kappa shape index (κ2) is 12.5. The third-order valence-electron chi connectivity index (χ3n) is 3.29. The largest absolute Gasteiger partial charge is 0.458 e. The van der Waals surface area contributed by atoms with Crippen molar-refractivity contribution in [2.24, 2.45) is 0 Å². The van der Waals surface area contributed by atoms with Crippen molar-refractivity contribution in [3.05, 3.63) is 47.0 Å². The fourth-order valence-electron chi connectivity index (χ4n) is 2.30. The maximum atomic E-state index is 6.33. The highest BCUT2D eigenvalue weighted by Crippen LogP contribution is 2.26. The van der Waals surface area contributed by atoms with E-state index in [1.54, 1.807) is 0 Å². The average Bonchev–Trinajstić information content (AvgIpc) is 2.49. The van der Waals surface area contributed by atoms with Crippen molar-refractivity contribution in [1.29, 1.82) is 0 Å². The Morgan fingerprint density at radius 2 is 0.905 bits per heavy atom. The minimum atomic E-state index is 0.995. The van der Waals surface area contributed by atoms with Gasteiger partial charge in [0.15, 0.2) is 0 Å². The molecule has 1 nitrogen and oxygen atoms in total. The number of ether oxygens (including phenoxy) is 1. The number of rotatable bonds is 10. The summed E-state index contributed by atoms with van der Waals surface area (Å²) in [5, 5.41) is 0. The third-order valence-corrected chi connectivity index (χ3v) is 3.29. The molecule has 0 N–H and O–H groups in total. The van der Waals surface area contributed by atoms with Crippen LogP contribution < -0.4 is 0 Å². The zero-order chi connectivity index (χ0) is 16.1. The SMILES string of the molecule is CCC=C(CC)C(=CCC)OC(=CCC)C(=CCC)CC. The van der Waals surface area contributed by atoms with Crippen LogP contribution in [0.25, 0.3) is 0 Å². The van der Waals surface area contributed by atoms with E-state index < -0.39 is 0 Å². The average molecular weight is 290 g/mol. The summed E-state index contributed by atoms with van der Waals surface area (Å²) >= 11 is 0. The highest BCUT2D eigenvalue weighted by molar-refractivity contribution is 5.32. The van der Waals surface area contributed by atoms with E-state index in [0.717, 1.165) is 50.0 Å². The Bertz CT molecular complexity index is 356. The van der Waals surface area contributed by atoms with Crippen LogP contribution in [0.2, 0.25) is 0 Å². The zero-order valence-electron chi connectivity index (χ0n) is 15.0. The third kappa shape index (κ3) is 7.36. The maximum Gasteiger partial charge on any atom is 0.126 e. The molecule has 0 aromatic carbocycles. The summed E-state index contributed by atoms with van der Waals surface area (Å²) in [6.45, 7) is 13.1. The summed E-state index contributed by atoms with van der Waals surface area (Å²) in [6.07, 6.45) is 15.1. The van der Waals surface area contributed by atoms with Gasteiger partial charge in [-0.25, -0.2) is 0 Å². The van der Waals surface area contributed by atoms with Gasteiger partial charge in [0.1, 0.15) is 11.5 Å². The molecule has 0 aliphatic rings. The number of hydrogen-bond acceptors (Lipinski definition) is 1. The molecule has 0 aliphatic heterocycles. The predicted molar refractivity (Wildman–Crippen MR) is 95.2 cm³/mol. The fraction of sp³-hybridized carbons (Fsp3) is 0.600. The molecule has 0 unspecified atom stereocenters. The molecule has 0 aliphatic carbocycles. The van der Waals surface area contributed by atoms with Gasteiger partial charge < -0.3 is 4.74 Å². The monoisotopic (exact) mass is 290 g/mol. The first-order chi connectivity index (χ1) is 10.2. The van der Waals surface area contributed by atoms with Crippen LogP contribution in [-0.2, 0) is 4.74 Å². The first kappa shape index (κ1) is 19.8. The topological polar surface area (TPSA) is 9.23 Å². The minimum Gasteiger partial charge on any atom is -0.458 e. The Morgan fingerprint density at radius 3 is 1.14 bits per heavy atom. The van der Waals surface area contributed by atoms with Crippen molar-refractivity contribution >= 4 is 0 Å². The lowest BCUT2D eigenvalue weighted by molar-refractivity contribution is 0.315. The first-order valence-electron chi connectivity index (χ1n) is 8.65. The molecule has 0 rings (SSSR count). The summed E-state index contributed by atoms with van der Waals surface area (Å²) in [7, 11) is 0. The molecule has 0 aromatic heterocycles. The van der Waals surface area contributed by atoms with Gasteiger partial charge in [-0.05, 0) is 61.8 Å². The van der Waals surface area contributed by atoms with E-state index in [2.05, 4.69) is 65.8 Å². The van der Waals surface area contributed by atoms with Crippen LogP contribution in [0.5, 0.6) is 0 Å². The van der Waals surface area contributed by atoms with Gasteiger partial charge in [0.05, 0.1) is 0 Å². The van der Waals surface area contributed by atoms with E-state index in [1.165, 1.54) is 11.1 Å². The van der Waals surface area contributed by atoms with E-state index in [9.17, 15) is 0 Å². The van der Waals surface area contributed by atoms with E-state index in [-0.39, 0.29) is 0 Å². The molecule has 21 heavy (non-hydrogen) atoms. The smallest absolute Gasteiger partial charge is 0.126 e. The van der Waals surface area contributed by atoms with Gasteiger partial charge in [0.2, 0.25) is 0 Å². The molecular formula is C20H34O. The quantitative estimate of drug-likeness (QED) is 0.308. The van der Waals surface area contributed by atoms with E-state index >= 15 is 0 Å². The molecule has 0 fully saturated rings. The molecule has 0 aromatic rings. The van der Waals surface area contributed by atoms with Crippen LogP contribution in [0.3, 0.4) is 0 Å². The Balaban J connectivity index is 5.46. The first-order valence-corrected chi connectivity index (χ1v) is 8.65. The van der Waals surface area contributed by atoms with Crippen LogP contribution >= 0.6 is 0 Å². The van der Waals surface area contributed by atoms with E-state index in [1.807, 2.05) is 0 Å². The molecule has 120 valence electrons. The standard InChI is InChI=1S/C20H34O/c1-7-13-17(11-5)19(15-9-3)21-20(16-10-4)18(12-6)14-8-2/h13-16H,7-12H2,1-6H3. The molecule has 0 bridgehead atoms. The van der Waals surface area contributed by atoms with Crippen molar-refractivity contribution in [3.63, 3.8) is 0 Å². The lowest BCUT2D eigenvalue weighted by atomic mass is 10.1. The van der Waals surface area contributed by atoms with Crippen LogP contribution in [0.4, 0.5) is 0 Å². The van der Waals surface area contributed by atoms with Crippen molar-refractivity contribution in [3.8, 4) is 0 Å². The van der Waals surface area contributed by atoms with Crippen LogP contribution in [0, 0.1) is 0 Å². The summed E-state index contributed by atoms with van der Waals surface area (Å²) in [5.41, 5.74) is 2.63. The van der Waals surface area contributed by atoms with Gasteiger partial charge in [0, 0.05) is 0 Å². The highest BCUT2D eigenvalue weighted by atomic mass is 16.5. The van der Waals surface area contributed by atoms with Crippen molar-refractivity contribution < 1.29 is 4.74 Å². The summed E-state index contributed by atoms with van der Waals surface area (Å²) in [6, 6.07) is 0. The van der Waals surface area contributed by atoms with E-state index in [0.29, 0.717) is 0 Å². The Morgan fingerprint density at radius 1 is 0.571 bits per heavy atom. The Kier molecular flexibility index (Phi) is 11.8. The van der Waals surface area contributed by atoms with Crippen LogP contribution in [-0.4, -0.2) is 0 Å². The number of allylic oxidation sites excluding steroid dienone is 6. The molecule has 0 amide bonds. The molecular weight excluding hydrogens is 256 g/mol. The van der Waals surface area contributed by atoms with Crippen LogP contribution in [0.1, 0.15) is 80.1 Å². The summed E-state index contributed by atoms with van der Waals surface area (Å²) < 4.78 is 6.33. The summed E-state index contributed by atoms with van der Waals surface area (Å²) in [4.78, 5) is 0. The van der Waals surface area contributed by atoms with Gasteiger partial charge in [-0.1, -0.05) is 53.7 Å². The minimum absolute atomic E-state index is 0.995. The molecule has 0 radical (unpaired) electrons. The molecule has 0 atom stereocenters. The molecule has 0 saturated carbocycles. The predicted octanol–water partition coefficient (Wildman–Crippen LogP) is 7.08. The van der Waals surface area contributed by atoms with Gasteiger partial charge in [-0.3, -0.25) is 0 Å².